The predicted octanol–water partition coefficient (Wildman–Crippen LogP) is 3.68. The van der Waals surface area contributed by atoms with Gasteiger partial charge in [-0.3, -0.25) is 14.9 Å². The first-order valence-electron chi connectivity index (χ1n) is 7.48. The van der Waals surface area contributed by atoms with Gasteiger partial charge >= 0.3 is 0 Å². The molecule has 2 N–H and O–H groups in total. The number of nitrogens with one attached hydrogen (secondary N) is 2. The maximum Gasteiger partial charge on any atom is 0.263 e. The molecule has 0 saturated carbocycles. The van der Waals surface area contributed by atoms with Crippen LogP contribution in [-0.4, -0.2) is 15.9 Å². The summed E-state index contributed by atoms with van der Waals surface area (Å²) in [6, 6.07) is 9.36. The van der Waals surface area contributed by atoms with Gasteiger partial charge in [-0.2, -0.15) is 0 Å². The van der Waals surface area contributed by atoms with E-state index in [9.17, 15) is 9.59 Å². The van der Waals surface area contributed by atoms with Gasteiger partial charge in [-0.15, -0.1) is 11.3 Å². The molecule has 0 aliphatic rings. The van der Waals surface area contributed by atoms with Gasteiger partial charge in [0.25, 0.3) is 11.5 Å². The average molecular weight is 339 g/mol. The van der Waals surface area contributed by atoms with Crippen LogP contribution < -0.4 is 10.9 Å². The minimum Gasteiger partial charge on any atom is -0.326 e. The maximum absolute atomic E-state index is 12.2. The number of benzene rings is 1. The van der Waals surface area contributed by atoms with E-state index in [0.29, 0.717) is 10.8 Å². The molecule has 3 rings (SSSR count). The molecule has 5 nitrogen and oxygen atoms in total. The SMILES string of the molecule is Cc1ccc(-c2csc(NC(=O)c3ccc(C)[nH]c3=O)n2)c(C)c1. The zero-order valence-corrected chi connectivity index (χ0v) is 14.5. The zero-order valence-electron chi connectivity index (χ0n) is 13.6. The third-order valence-corrected chi connectivity index (χ3v) is 4.44. The second kappa shape index (κ2) is 6.41. The number of hydrogen-bond donors (Lipinski definition) is 2. The summed E-state index contributed by atoms with van der Waals surface area (Å²) in [5.74, 6) is -0.460. The lowest BCUT2D eigenvalue weighted by Crippen LogP contribution is -2.23. The molecular formula is C18H17N3O2S. The van der Waals surface area contributed by atoms with Gasteiger partial charge in [0.2, 0.25) is 0 Å². The van der Waals surface area contributed by atoms with Crippen molar-refractivity contribution in [2.45, 2.75) is 20.8 Å². The van der Waals surface area contributed by atoms with Crippen molar-refractivity contribution in [1.82, 2.24) is 9.97 Å². The van der Waals surface area contributed by atoms with Gasteiger partial charge < -0.3 is 4.98 Å². The van der Waals surface area contributed by atoms with Crippen LogP contribution in [0.1, 0.15) is 27.2 Å². The van der Waals surface area contributed by atoms with Gasteiger partial charge in [0, 0.05) is 16.6 Å². The van der Waals surface area contributed by atoms with E-state index in [1.807, 2.05) is 31.4 Å². The molecule has 0 aliphatic heterocycles. The quantitative estimate of drug-likeness (QED) is 0.764. The Hall–Kier alpha value is -2.73. The van der Waals surface area contributed by atoms with Crippen LogP contribution in [0.3, 0.4) is 0 Å². The molecular weight excluding hydrogens is 322 g/mol. The molecule has 0 aliphatic carbocycles. The first-order chi connectivity index (χ1) is 11.4. The third kappa shape index (κ3) is 3.28. The normalized spacial score (nSPS) is 10.6. The smallest absolute Gasteiger partial charge is 0.263 e. The fraction of sp³-hybridized carbons (Fsp3) is 0.167. The summed E-state index contributed by atoms with van der Waals surface area (Å²) in [6.07, 6.45) is 0. The predicted molar refractivity (Wildman–Crippen MR) is 96.8 cm³/mol. The molecule has 0 atom stereocenters. The highest BCUT2D eigenvalue weighted by atomic mass is 32.1. The summed E-state index contributed by atoms with van der Waals surface area (Å²) < 4.78 is 0. The number of aromatic nitrogens is 2. The zero-order chi connectivity index (χ0) is 17.3. The third-order valence-electron chi connectivity index (χ3n) is 3.68. The lowest BCUT2D eigenvalue weighted by atomic mass is 10.0. The Morgan fingerprint density at radius 1 is 1.17 bits per heavy atom. The van der Waals surface area contributed by atoms with Crippen molar-refractivity contribution in [2.75, 3.05) is 5.32 Å². The highest BCUT2D eigenvalue weighted by molar-refractivity contribution is 7.14. The van der Waals surface area contributed by atoms with Gasteiger partial charge in [-0.25, -0.2) is 4.98 Å². The molecule has 6 heteroatoms. The van der Waals surface area contributed by atoms with Gasteiger partial charge in [-0.1, -0.05) is 23.8 Å². The Labute approximate surface area is 143 Å². The molecule has 0 bridgehead atoms. The van der Waals surface area contributed by atoms with Crippen LogP contribution in [0.2, 0.25) is 0 Å². The van der Waals surface area contributed by atoms with Gasteiger partial charge in [0.1, 0.15) is 5.56 Å². The van der Waals surface area contributed by atoms with E-state index < -0.39 is 11.5 Å². The molecule has 0 radical (unpaired) electrons. The van der Waals surface area contributed by atoms with Crippen LogP contribution in [0.5, 0.6) is 0 Å². The summed E-state index contributed by atoms with van der Waals surface area (Å²) in [5, 5.41) is 5.05. The molecule has 2 aromatic heterocycles. The number of aryl methyl sites for hydroxylation is 3. The second-order valence-electron chi connectivity index (χ2n) is 5.69. The Bertz CT molecular complexity index is 972. The number of aromatic amines is 1. The largest absolute Gasteiger partial charge is 0.326 e. The second-order valence-corrected chi connectivity index (χ2v) is 6.55. The molecule has 0 spiro atoms. The topological polar surface area (TPSA) is 74.8 Å². The van der Waals surface area contributed by atoms with Crippen molar-refractivity contribution in [1.29, 1.82) is 0 Å². The number of nitrogens with zero attached hydrogens (tertiary/aromatic N) is 1. The fourth-order valence-corrected chi connectivity index (χ4v) is 3.18. The molecule has 3 aromatic rings. The standard InChI is InChI=1S/C18H17N3O2S/c1-10-4-6-13(11(2)8-10)15-9-24-18(20-15)21-17(23)14-7-5-12(3)19-16(14)22/h4-9H,1-3H3,(H,19,22)(H,20,21,23). The summed E-state index contributed by atoms with van der Waals surface area (Å²) in [7, 11) is 0. The number of H-pyrrole nitrogens is 1. The maximum atomic E-state index is 12.2. The van der Waals surface area contributed by atoms with Crippen molar-refractivity contribution in [2.24, 2.45) is 0 Å². The first kappa shape index (κ1) is 16.1. The molecule has 0 fully saturated rings. The molecule has 122 valence electrons. The van der Waals surface area contributed by atoms with Gasteiger partial charge in [-0.05, 0) is 38.5 Å². The van der Waals surface area contributed by atoms with E-state index in [0.717, 1.165) is 16.8 Å². The number of anilines is 1. The molecule has 1 aromatic carbocycles. The number of hydrogen-bond acceptors (Lipinski definition) is 4. The van der Waals surface area contributed by atoms with Crippen molar-refractivity contribution in [3.8, 4) is 11.3 Å². The Morgan fingerprint density at radius 3 is 2.67 bits per heavy atom. The lowest BCUT2D eigenvalue weighted by molar-refractivity contribution is 0.102. The van der Waals surface area contributed by atoms with Crippen LogP contribution in [0.15, 0.2) is 40.5 Å². The number of carbonyl (C=O) groups is 1. The summed E-state index contributed by atoms with van der Waals surface area (Å²) in [4.78, 5) is 31.2. The Kier molecular flexibility index (Phi) is 4.31. The number of amides is 1. The highest BCUT2D eigenvalue weighted by Crippen LogP contribution is 2.28. The van der Waals surface area contributed by atoms with Crippen LogP contribution >= 0.6 is 11.3 Å². The van der Waals surface area contributed by atoms with Crippen molar-refractivity contribution in [3.63, 3.8) is 0 Å². The fourth-order valence-electron chi connectivity index (χ4n) is 2.47. The van der Waals surface area contributed by atoms with E-state index in [1.54, 1.807) is 13.0 Å². The van der Waals surface area contributed by atoms with Crippen LogP contribution in [0, 0.1) is 20.8 Å². The monoisotopic (exact) mass is 339 g/mol. The summed E-state index contributed by atoms with van der Waals surface area (Å²) in [6.45, 7) is 5.84. The first-order valence-corrected chi connectivity index (χ1v) is 8.36. The molecule has 24 heavy (non-hydrogen) atoms. The van der Waals surface area contributed by atoms with Crippen molar-refractivity contribution in [3.05, 3.63) is 68.4 Å². The summed E-state index contributed by atoms with van der Waals surface area (Å²) in [5.41, 5.74) is 4.55. The van der Waals surface area contributed by atoms with Gasteiger partial charge in [0.15, 0.2) is 5.13 Å². The molecule has 0 saturated heterocycles. The Morgan fingerprint density at radius 2 is 1.96 bits per heavy atom. The van der Waals surface area contributed by atoms with Crippen LogP contribution in [-0.2, 0) is 0 Å². The minimum atomic E-state index is -0.460. The van der Waals surface area contributed by atoms with Crippen molar-refractivity contribution >= 4 is 22.4 Å². The van der Waals surface area contributed by atoms with Crippen LogP contribution in [0.25, 0.3) is 11.3 Å². The van der Waals surface area contributed by atoms with E-state index in [4.69, 9.17) is 0 Å². The molecule has 0 unspecified atom stereocenters. The van der Waals surface area contributed by atoms with Crippen molar-refractivity contribution < 1.29 is 4.79 Å². The average Bonchev–Trinajstić information content (AvgIpc) is 2.95. The molecule has 2 heterocycles. The van der Waals surface area contributed by atoms with Gasteiger partial charge in [0.05, 0.1) is 5.69 Å². The number of rotatable bonds is 3. The molecule has 1 amide bonds. The lowest BCUT2D eigenvalue weighted by Gasteiger charge is -2.04. The minimum absolute atomic E-state index is 0.0730. The van der Waals surface area contributed by atoms with E-state index in [-0.39, 0.29) is 5.56 Å². The number of pyridine rings is 1. The number of carbonyl (C=O) groups excluding carboxylic acids is 1. The Balaban J connectivity index is 1.83. The van der Waals surface area contributed by atoms with Crippen LogP contribution in [0.4, 0.5) is 5.13 Å². The van der Waals surface area contributed by atoms with E-state index in [1.165, 1.54) is 23.0 Å². The van der Waals surface area contributed by atoms with E-state index in [2.05, 4.69) is 21.4 Å². The van der Waals surface area contributed by atoms with E-state index >= 15 is 0 Å². The summed E-state index contributed by atoms with van der Waals surface area (Å²) >= 11 is 1.33. The number of thiazole rings is 1. The highest BCUT2D eigenvalue weighted by Gasteiger charge is 2.13.